The highest BCUT2D eigenvalue weighted by Gasteiger charge is 2.30. The predicted octanol–water partition coefficient (Wildman–Crippen LogP) is 0.126. The van der Waals surface area contributed by atoms with Gasteiger partial charge in [0.25, 0.3) is 0 Å². The van der Waals surface area contributed by atoms with Crippen molar-refractivity contribution in [3.8, 4) is 0 Å². The molecule has 1 aromatic heterocycles. The molecule has 2 unspecified atom stereocenters. The number of carbonyl (C=O) groups is 1. The van der Waals surface area contributed by atoms with Crippen LogP contribution >= 0.6 is 11.3 Å². The van der Waals surface area contributed by atoms with E-state index < -0.39 is 12.1 Å². The zero-order chi connectivity index (χ0) is 11.5. The third-order valence-electron chi connectivity index (χ3n) is 2.75. The van der Waals surface area contributed by atoms with Crippen molar-refractivity contribution in [3.05, 3.63) is 16.6 Å². The van der Waals surface area contributed by atoms with E-state index in [2.05, 4.69) is 4.98 Å². The van der Waals surface area contributed by atoms with Crippen LogP contribution in [0.2, 0.25) is 0 Å². The van der Waals surface area contributed by atoms with E-state index in [1.807, 2.05) is 0 Å². The first-order valence-electron chi connectivity index (χ1n) is 5.32. The Bertz CT molecular complexity index is 349. The number of amides is 1. The number of aliphatic hydroxyl groups excluding tert-OH is 1. The average Bonchev–Trinajstić information content (AvgIpc) is 2.97. The molecule has 0 saturated carbocycles. The summed E-state index contributed by atoms with van der Waals surface area (Å²) in [6.45, 7) is 1.49. The summed E-state index contributed by atoms with van der Waals surface area (Å²) in [5.74, 6) is -0.180. The standard InChI is InChI=1S/C10H15N3O2S/c11-7(8(14)9-12-3-6-16-9)10(15)13-4-1-2-5-13/h3,6-8,14H,1-2,4-5,11H2. The Balaban J connectivity index is 2.01. The number of nitrogens with two attached hydrogens (primary N) is 1. The summed E-state index contributed by atoms with van der Waals surface area (Å²) in [6.07, 6.45) is 2.64. The summed E-state index contributed by atoms with van der Waals surface area (Å²) >= 11 is 1.31. The lowest BCUT2D eigenvalue weighted by atomic mass is 10.1. The Morgan fingerprint density at radius 2 is 2.25 bits per heavy atom. The van der Waals surface area contributed by atoms with Crippen molar-refractivity contribution in [2.75, 3.05) is 13.1 Å². The molecule has 0 aromatic carbocycles. The number of rotatable bonds is 3. The maximum absolute atomic E-state index is 11.9. The molecule has 0 spiro atoms. The molecule has 5 nitrogen and oxygen atoms in total. The number of aliphatic hydroxyl groups is 1. The fraction of sp³-hybridized carbons (Fsp3) is 0.600. The number of thiazole rings is 1. The zero-order valence-corrected chi connectivity index (χ0v) is 9.69. The SMILES string of the molecule is NC(C(=O)N1CCCC1)C(O)c1nccs1. The van der Waals surface area contributed by atoms with Crippen LogP contribution < -0.4 is 5.73 Å². The number of hydrogen-bond donors (Lipinski definition) is 2. The number of nitrogens with zero attached hydrogens (tertiary/aromatic N) is 2. The van der Waals surface area contributed by atoms with Crippen LogP contribution in [-0.2, 0) is 4.79 Å². The van der Waals surface area contributed by atoms with Crippen LogP contribution in [0.15, 0.2) is 11.6 Å². The Kier molecular flexibility index (Phi) is 3.52. The summed E-state index contributed by atoms with van der Waals surface area (Å²) in [4.78, 5) is 17.6. The molecule has 1 aliphatic rings. The molecule has 3 N–H and O–H groups in total. The topological polar surface area (TPSA) is 79.5 Å². The van der Waals surface area contributed by atoms with Crippen LogP contribution in [0.4, 0.5) is 0 Å². The van der Waals surface area contributed by atoms with Crippen LogP contribution in [0.5, 0.6) is 0 Å². The minimum Gasteiger partial charge on any atom is -0.384 e. The molecule has 0 radical (unpaired) electrons. The molecule has 1 fully saturated rings. The molecular weight excluding hydrogens is 226 g/mol. The average molecular weight is 241 g/mol. The number of hydrogen-bond acceptors (Lipinski definition) is 5. The second-order valence-corrected chi connectivity index (χ2v) is 4.80. The van der Waals surface area contributed by atoms with Gasteiger partial charge in [-0.15, -0.1) is 11.3 Å². The monoisotopic (exact) mass is 241 g/mol. The first kappa shape index (κ1) is 11.5. The number of likely N-dealkylation sites (tertiary alicyclic amines) is 1. The molecule has 0 bridgehead atoms. The second-order valence-electron chi connectivity index (χ2n) is 3.87. The Labute approximate surface area is 97.9 Å². The normalized spacial score (nSPS) is 19.8. The maximum atomic E-state index is 11.9. The minimum atomic E-state index is -0.992. The summed E-state index contributed by atoms with van der Waals surface area (Å²) in [6, 6.07) is -0.899. The van der Waals surface area contributed by atoms with Gasteiger partial charge in [0, 0.05) is 24.7 Å². The van der Waals surface area contributed by atoms with Gasteiger partial charge in [-0.2, -0.15) is 0 Å². The van der Waals surface area contributed by atoms with Crippen molar-refractivity contribution in [1.29, 1.82) is 0 Å². The lowest BCUT2D eigenvalue weighted by molar-refractivity contribution is -0.134. The van der Waals surface area contributed by atoms with Gasteiger partial charge in [0.15, 0.2) is 0 Å². The molecular formula is C10H15N3O2S. The van der Waals surface area contributed by atoms with Crippen molar-refractivity contribution in [2.45, 2.75) is 25.0 Å². The molecule has 16 heavy (non-hydrogen) atoms. The van der Waals surface area contributed by atoms with Gasteiger partial charge in [0.1, 0.15) is 17.2 Å². The first-order chi connectivity index (χ1) is 7.70. The van der Waals surface area contributed by atoms with E-state index in [1.54, 1.807) is 16.5 Å². The van der Waals surface area contributed by atoms with E-state index in [0.717, 1.165) is 25.9 Å². The van der Waals surface area contributed by atoms with Crippen LogP contribution in [0.3, 0.4) is 0 Å². The van der Waals surface area contributed by atoms with Crippen molar-refractivity contribution in [2.24, 2.45) is 5.73 Å². The number of carbonyl (C=O) groups excluding carboxylic acids is 1. The summed E-state index contributed by atoms with van der Waals surface area (Å²) in [5, 5.41) is 12.1. The van der Waals surface area contributed by atoms with Crippen molar-refractivity contribution in [1.82, 2.24) is 9.88 Å². The summed E-state index contributed by atoms with van der Waals surface area (Å²) in [5.41, 5.74) is 5.76. The summed E-state index contributed by atoms with van der Waals surface area (Å²) < 4.78 is 0. The van der Waals surface area contributed by atoms with Crippen molar-refractivity contribution < 1.29 is 9.90 Å². The van der Waals surface area contributed by atoms with Gasteiger partial charge in [-0.3, -0.25) is 4.79 Å². The van der Waals surface area contributed by atoms with E-state index in [4.69, 9.17) is 5.73 Å². The summed E-state index contributed by atoms with van der Waals surface area (Å²) in [7, 11) is 0. The van der Waals surface area contributed by atoms with Crippen LogP contribution in [0, 0.1) is 0 Å². The van der Waals surface area contributed by atoms with Gasteiger partial charge in [-0.1, -0.05) is 0 Å². The fourth-order valence-electron chi connectivity index (χ4n) is 1.82. The van der Waals surface area contributed by atoms with Gasteiger partial charge < -0.3 is 15.7 Å². The molecule has 2 heterocycles. The Hall–Kier alpha value is -0.980. The highest BCUT2D eigenvalue weighted by Crippen LogP contribution is 2.20. The van der Waals surface area contributed by atoms with E-state index >= 15 is 0 Å². The third kappa shape index (κ3) is 2.23. The molecule has 1 saturated heterocycles. The third-order valence-corrected chi connectivity index (χ3v) is 3.59. The molecule has 88 valence electrons. The Morgan fingerprint density at radius 1 is 1.56 bits per heavy atom. The lowest BCUT2D eigenvalue weighted by Gasteiger charge is -2.22. The van der Waals surface area contributed by atoms with Crippen molar-refractivity contribution >= 4 is 17.2 Å². The van der Waals surface area contributed by atoms with E-state index in [0.29, 0.717) is 5.01 Å². The highest BCUT2D eigenvalue weighted by molar-refractivity contribution is 7.09. The quantitative estimate of drug-likeness (QED) is 0.788. The van der Waals surface area contributed by atoms with Crippen LogP contribution in [0.25, 0.3) is 0 Å². The number of aromatic nitrogens is 1. The second kappa shape index (κ2) is 4.90. The van der Waals surface area contributed by atoms with Crippen LogP contribution in [0.1, 0.15) is 24.0 Å². The van der Waals surface area contributed by atoms with Gasteiger partial charge in [-0.05, 0) is 12.8 Å². The molecule has 2 rings (SSSR count). The van der Waals surface area contributed by atoms with Crippen LogP contribution in [-0.4, -0.2) is 40.0 Å². The Morgan fingerprint density at radius 3 is 2.81 bits per heavy atom. The molecule has 1 aliphatic heterocycles. The predicted molar refractivity (Wildman–Crippen MR) is 60.9 cm³/mol. The van der Waals surface area contributed by atoms with Gasteiger partial charge in [-0.25, -0.2) is 4.98 Å². The molecule has 0 aliphatic carbocycles. The minimum absolute atomic E-state index is 0.180. The first-order valence-corrected chi connectivity index (χ1v) is 6.20. The smallest absolute Gasteiger partial charge is 0.242 e. The van der Waals surface area contributed by atoms with Crippen molar-refractivity contribution in [3.63, 3.8) is 0 Å². The van der Waals surface area contributed by atoms with Gasteiger partial charge in [0.05, 0.1) is 0 Å². The fourth-order valence-corrected chi connectivity index (χ4v) is 2.49. The van der Waals surface area contributed by atoms with E-state index in [9.17, 15) is 9.90 Å². The van der Waals surface area contributed by atoms with Gasteiger partial charge >= 0.3 is 0 Å². The highest BCUT2D eigenvalue weighted by atomic mass is 32.1. The van der Waals surface area contributed by atoms with Gasteiger partial charge in [0.2, 0.25) is 5.91 Å². The van der Waals surface area contributed by atoms with E-state index in [-0.39, 0.29) is 5.91 Å². The molecule has 2 atom stereocenters. The molecule has 6 heteroatoms. The maximum Gasteiger partial charge on any atom is 0.242 e. The molecule has 1 aromatic rings. The lowest BCUT2D eigenvalue weighted by Crippen LogP contribution is -2.45. The molecule has 1 amide bonds. The largest absolute Gasteiger partial charge is 0.384 e. The van der Waals surface area contributed by atoms with E-state index in [1.165, 1.54) is 11.3 Å². The zero-order valence-electron chi connectivity index (χ0n) is 8.87.